The van der Waals surface area contributed by atoms with E-state index in [9.17, 15) is 31.3 Å². The molecule has 0 spiro atoms. The zero-order valence-corrected chi connectivity index (χ0v) is 22.7. The van der Waals surface area contributed by atoms with Crippen LogP contribution in [0.5, 0.6) is 0 Å². The Morgan fingerprint density at radius 3 is 1.77 bits per heavy atom. The maximum atomic E-state index is 12.7. The molecule has 3 aromatic carbocycles. The van der Waals surface area contributed by atoms with Crippen molar-refractivity contribution in [3.05, 3.63) is 103 Å². The van der Waals surface area contributed by atoms with Crippen molar-refractivity contribution in [2.24, 2.45) is 0 Å². The zero-order chi connectivity index (χ0) is 29.2. The zero-order valence-electron chi connectivity index (χ0n) is 21.1. The molecule has 0 saturated carbocycles. The normalized spacial score (nSPS) is 15.1. The minimum atomic E-state index is -5.86. The summed E-state index contributed by atoms with van der Waals surface area (Å²) < 4.78 is 69.5. The Kier molecular flexibility index (Phi) is 11.0. The monoisotopic (exact) mass is 592 g/mol. The molecule has 0 aromatic heterocycles. The molecule has 1 heterocycles. The lowest BCUT2D eigenvalue weighted by Crippen LogP contribution is -2.34. The Morgan fingerprint density at radius 2 is 1.40 bits per heavy atom. The SMILES string of the molecule is C=C(COCC(F)(F)S(=O)(=O)[O-])C(=O)OC1CCOC1=O.c1ccc([S+](c2ccccc2)c2ccccc2)cc1. The van der Waals surface area contributed by atoms with Gasteiger partial charge in [-0.1, -0.05) is 61.2 Å². The summed E-state index contributed by atoms with van der Waals surface area (Å²) in [5.74, 6) is -1.81. The lowest BCUT2D eigenvalue weighted by molar-refractivity contribution is -0.158. The van der Waals surface area contributed by atoms with Crippen molar-refractivity contribution in [3.8, 4) is 0 Å². The average molecular weight is 593 g/mol. The predicted octanol–water partition coefficient (Wildman–Crippen LogP) is 4.34. The number of esters is 2. The average Bonchev–Trinajstić information content (AvgIpc) is 3.34. The van der Waals surface area contributed by atoms with Gasteiger partial charge in [0.05, 0.1) is 29.7 Å². The molecule has 1 atom stereocenters. The molecule has 1 aliphatic rings. The summed E-state index contributed by atoms with van der Waals surface area (Å²) in [6.07, 6.45) is -0.941. The van der Waals surface area contributed by atoms with E-state index in [0.29, 0.717) is 0 Å². The third-order valence-electron chi connectivity index (χ3n) is 5.27. The van der Waals surface area contributed by atoms with Crippen LogP contribution in [0.1, 0.15) is 6.42 Å². The Morgan fingerprint density at radius 1 is 0.950 bits per heavy atom. The molecule has 1 saturated heterocycles. The molecule has 0 N–H and O–H groups in total. The van der Waals surface area contributed by atoms with Crippen molar-refractivity contribution in [1.29, 1.82) is 0 Å². The molecule has 0 radical (unpaired) electrons. The van der Waals surface area contributed by atoms with Crippen molar-refractivity contribution in [1.82, 2.24) is 0 Å². The number of carbonyl (C=O) groups is 2. The van der Waals surface area contributed by atoms with E-state index in [1.807, 2.05) is 0 Å². The minimum Gasteiger partial charge on any atom is -0.743 e. The molecule has 0 amide bonds. The van der Waals surface area contributed by atoms with Crippen molar-refractivity contribution in [3.63, 3.8) is 0 Å². The highest BCUT2D eigenvalue weighted by atomic mass is 32.2. The van der Waals surface area contributed by atoms with Crippen LogP contribution in [0.15, 0.2) is 118 Å². The van der Waals surface area contributed by atoms with Gasteiger partial charge in [-0.05, 0) is 36.4 Å². The molecule has 1 unspecified atom stereocenters. The van der Waals surface area contributed by atoms with E-state index in [4.69, 9.17) is 0 Å². The van der Waals surface area contributed by atoms with Gasteiger partial charge in [-0.3, -0.25) is 0 Å². The number of halogens is 2. The topological polar surface area (TPSA) is 119 Å². The van der Waals surface area contributed by atoms with Crippen LogP contribution < -0.4 is 0 Å². The van der Waals surface area contributed by atoms with Gasteiger partial charge < -0.3 is 18.8 Å². The number of benzene rings is 3. The van der Waals surface area contributed by atoms with Gasteiger partial charge in [-0.15, -0.1) is 0 Å². The van der Waals surface area contributed by atoms with E-state index < -0.39 is 52.2 Å². The molecule has 3 aromatic rings. The van der Waals surface area contributed by atoms with Crippen molar-refractivity contribution in [2.45, 2.75) is 32.5 Å². The summed E-state index contributed by atoms with van der Waals surface area (Å²) in [7, 11) is -5.88. The highest BCUT2D eigenvalue weighted by molar-refractivity contribution is 7.97. The fraction of sp³-hybridized carbons (Fsp3) is 0.214. The molecule has 8 nitrogen and oxygen atoms in total. The van der Waals surface area contributed by atoms with Crippen LogP contribution in [0.3, 0.4) is 0 Å². The van der Waals surface area contributed by atoms with Gasteiger partial charge >= 0.3 is 17.2 Å². The Labute approximate surface area is 233 Å². The number of hydrogen-bond donors (Lipinski definition) is 0. The first-order valence-electron chi connectivity index (χ1n) is 11.9. The number of ether oxygens (including phenoxy) is 3. The summed E-state index contributed by atoms with van der Waals surface area (Å²) in [5, 5.41) is -4.62. The Bertz CT molecular complexity index is 1290. The summed E-state index contributed by atoms with van der Waals surface area (Å²) in [5.41, 5.74) is -0.422. The number of carbonyl (C=O) groups excluding carboxylic acids is 2. The van der Waals surface area contributed by atoms with Crippen LogP contribution >= 0.6 is 0 Å². The van der Waals surface area contributed by atoms with E-state index in [1.165, 1.54) is 14.7 Å². The van der Waals surface area contributed by atoms with E-state index in [1.54, 1.807) is 0 Å². The lowest BCUT2D eigenvalue weighted by Gasteiger charge is -2.19. The highest BCUT2D eigenvalue weighted by Gasteiger charge is 2.38. The summed E-state index contributed by atoms with van der Waals surface area (Å²) in [6, 6.07) is 32.2. The largest absolute Gasteiger partial charge is 0.743 e. The second-order valence-electron chi connectivity index (χ2n) is 8.28. The third kappa shape index (κ3) is 8.71. The van der Waals surface area contributed by atoms with Gasteiger partial charge in [0, 0.05) is 6.42 Å². The van der Waals surface area contributed by atoms with Gasteiger partial charge in [0.2, 0.25) is 6.10 Å². The lowest BCUT2D eigenvalue weighted by atomic mass is 10.3. The van der Waals surface area contributed by atoms with Gasteiger partial charge in [-0.2, -0.15) is 8.78 Å². The van der Waals surface area contributed by atoms with Gasteiger partial charge in [0.25, 0.3) is 0 Å². The van der Waals surface area contributed by atoms with Crippen LogP contribution in [0.2, 0.25) is 0 Å². The number of alkyl halides is 2. The quantitative estimate of drug-likeness (QED) is 0.148. The summed E-state index contributed by atoms with van der Waals surface area (Å²) in [6.45, 7) is 0.758. The van der Waals surface area contributed by atoms with Crippen LogP contribution in [0.25, 0.3) is 0 Å². The minimum absolute atomic E-state index is 0.0146. The molecule has 40 heavy (non-hydrogen) atoms. The van der Waals surface area contributed by atoms with E-state index >= 15 is 0 Å². The fourth-order valence-corrected chi connectivity index (χ4v) is 5.63. The van der Waals surface area contributed by atoms with Crippen molar-refractivity contribution < 1.29 is 45.6 Å². The molecule has 0 aliphatic carbocycles. The smallest absolute Gasteiger partial charge is 0.357 e. The van der Waals surface area contributed by atoms with E-state index in [-0.39, 0.29) is 23.9 Å². The highest BCUT2D eigenvalue weighted by Crippen LogP contribution is 2.30. The second-order valence-corrected chi connectivity index (χ2v) is 11.8. The first-order valence-corrected chi connectivity index (χ1v) is 14.5. The first kappa shape index (κ1) is 31.0. The maximum absolute atomic E-state index is 12.7. The molecule has 1 fully saturated rings. The van der Waals surface area contributed by atoms with Gasteiger partial charge in [0.15, 0.2) is 24.8 Å². The summed E-state index contributed by atoms with van der Waals surface area (Å²) in [4.78, 5) is 26.5. The van der Waals surface area contributed by atoms with E-state index in [0.717, 1.165) is 0 Å². The number of rotatable bonds is 10. The third-order valence-corrected chi connectivity index (χ3v) is 8.35. The van der Waals surface area contributed by atoms with Gasteiger partial charge in [-0.25, -0.2) is 18.0 Å². The van der Waals surface area contributed by atoms with Crippen molar-refractivity contribution in [2.75, 3.05) is 19.8 Å². The van der Waals surface area contributed by atoms with Crippen LogP contribution in [-0.4, -0.2) is 56.1 Å². The molecule has 12 heteroatoms. The molecule has 4 rings (SSSR count). The predicted molar refractivity (Wildman–Crippen MR) is 142 cm³/mol. The Balaban J connectivity index is 0.000000221. The molecule has 1 aliphatic heterocycles. The molecular weight excluding hydrogens is 566 g/mol. The first-order chi connectivity index (χ1) is 19.0. The number of hydrogen-bond acceptors (Lipinski definition) is 8. The molecular formula is C28H26F2O8S2. The van der Waals surface area contributed by atoms with Crippen LogP contribution in [0.4, 0.5) is 8.78 Å². The summed E-state index contributed by atoms with van der Waals surface area (Å²) >= 11 is 0. The Hall–Kier alpha value is -3.58. The molecule has 0 bridgehead atoms. The fourth-order valence-electron chi connectivity index (χ4n) is 3.30. The maximum Gasteiger partial charge on any atom is 0.357 e. The van der Waals surface area contributed by atoms with Crippen molar-refractivity contribution >= 4 is 33.0 Å². The number of cyclic esters (lactones) is 1. The molecule has 212 valence electrons. The van der Waals surface area contributed by atoms with E-state index in [2.05, 4.69) is 112 Å². The van der Waals surface area contributed by atoms with Crippen LogP contribution in [-0.2, 0) is 44.8 Å². The second kappa shape index (κ2) is 14.2. The van der Waals surface area contributed by atoms with Gasteiger partial charge in [0.1, 0.15) is 6.61 Å². The standard InChI is InChI=1S/C18H15S.C10H12F2O8S/c1-4-10-16(11-5-1)19(17-12-6-2-7-13-17)18-14-8-3-9-15-18;1-6(4-18-5-10(11,12)21(15,16)17)8(13)20-7-2-3-19-9(7)14/h1-15H;7H,1-5H2,(H,15,16,17)/q+1;/p-1. The van der Waals surface area contributed by atoms with Crippen LogP contribution in [0, 0.1) is 0 Å².